The molecule has 7 nitrogen and oxygen atoms in total. The summed E-state index contributed by atoms with van der Waals surface area (Å²) in [6.07, 6.45) is 6.31. The van der Waals surface area contributed by atoms with Crippen molar-refractivity contribution in [3.63, 3.8) is 0 Å². The third-order valence-electron chi connectivity index (χ3n) is 7.62. The first-order valence-electron chi connectivity index (χ1n) is 14.3. The van der Waals surface area contributed by atoms with Crippen molar-refractivity contribution < 1.29 is 33.6 Å². The molecule has 0 radical (unpaired) electrons. The van der Waals surface area contributed by atoms with Crippen LogP contribution in [0.15, 0.2) is 24.3 Å². The van der Waals surface area contributed by atoms with E-state index in [9.17, 15) is 14.7 Å². The van der Waals surface area contributed by atoms with E-state index in [1.807, 2.05) is 26.0 Å². The van der Waals surface area contributed by atoms with Crippen LogP contribution in [0, 0.1) is 0 Å². The minimum absolute atomic E-state index is 0.0112. The molecule has 1 saturated heterocycles. The molecule has 2 aliphatic rings. The van der Waals surface area contributed by atoms with Crippen LogP contribution in [0.4, 0.5) is 0 Å². The number of hydrogen-bond donors (Lipinski definition) is 1. The first-order chi connectivity index (χ1) is 18.7. The Morgan fingerprint density at radius 3 is 2.28 bits per heavy atom. The van der Waals surface area contributed by atoms with Crippen LogP contribution in [0.5, 0.6) is 23.0 Å². The minimum atomic E-state index is -0.551. The van der Waals surface area contributed by atoms with Crippen LogP contribution in [-0.2, 0) is 17.6 Å². The van der Waals surface area contributed by atoms with Gasteiger partial charge in [-0.3, -0.25) is 9.59 Å². The fraction of sp³-hybridized carbons (Fsp3) is 0.562. The van der Waals surface area contributed by atoms with Crippen molar-refractivity contribution in [2.75, 3.05) is 13.2 Å². The van der Waals surface area contributed by atoms with Gasteiger partial charge in [0, 0.05) is 17.5 Å². The lowest BCUT2D eigenvalue weighted by atomic mass is 9.86. The maximum Gasteiger partial charge on any atom is 0.170 e. The maximum absolute atomic E-state index is 13.1. The van der Waals surface area contributed by atoms with Crippen LogP contribution in [0.25, 0.3) is 0 Å². The molecular weight excluding hydrogens is 496 g/mol. The van der Waals surface area contributed by atoms with Crippen molar-refractivity contribution in [1.29, 1.82) is 0 Å². The summed E-state index contributed by atoms with van der Waals surface area (Å²) in [6, 6.07) is 7.07. The van der Waals surface area contributed by atoms with Crippen molar-refractivity contribution in [3.8, 4) is 23.0 Å². The van der Waals surface area contributed by atoms with Gasteiger partial charge in [-0.15, -0.1) is 0 Å². The van der Waals surface area contributed by atoms with E-state index >= 15 is 0 Å². The second kappa shape index (κ2) is 12.4. The van der Waals surface area contributed by atoms with Gasteiger partial charge in [-0.1, -0.05) is 26.7 Å². The highest BCUT2D eigenvalue weighted by molar-refractivity contribution is 6.01. The molecular formula is C32H42O7. The van der Waals surface area contributed by atoms with Gasteiger partial charge < -0.3 is 24.1 Å². The molecule has 212 valence electrons. The first kappa shape index (κ1) is 28.9. The van der Waals surface area contributed by atoms with E-state index < -0.39 is 5.60 Å². The van der Waals surface area contributed by atoms with Crippen LogP contribution in [0.3, 0.4) is 0 Å². The molecule has 0 aliphatic carbocycles. The molecule has 0 spiro atoms. The van der Waals surface area contributed by atoms with Gasteiger partial charge in [0.1, 0.15) is 28.6 Å². The molecule has 39 heavy (non-hydrogen) atoms. The predicted molar refractivity (Wildman–Crippen MR) is 150 cm³/mol. The number of benzene rings is 2. The number of ketones is 2. The van der Waals surface area contributed by atoms with Gasteiger partial charge in [-0.2, -0.15) is 0 Å². The second-order valence-corrected chi connectivity index (χ2v) is 11.0. The van der Waals surface area contributed by atoms with E-state index in [1.54, 1.807) is 12.1 Å². The highest BCUT2D eigenvalue weighted by atomic mass is 16.6. The summed E-state index contributed by atoms with van der Waals surface area (Å²) in [4.78, 5) is 24.9. The molecule has 0 bridgehead atoms. The lowest BCUT2D eigenvalue weighted by molar-refractivity contribution is 0.0433. The Hall–Kier alpha value is -3.06. The Labute approximate surface area is 231 Å². The molecule has 4 rings (SSSR count). The summed E-state index contributed by atoms with van der Waals surface area (Å²) in [5.41, 5.74) is 2.02. The number of phenols is 1. The molecule has 2 aromatic carbocycles. The zero-order valence-electron chi connectivity index (χ0n) is 23.9. The normalized spacial score (nSPS) is 21.7. The summed E-state index contributed by atoms with van der Waals surface area (Å²) in [7, 11) is 0. The summed E-state index contributed by atoms with van der Waals surface area (Å²) in [5, 5.41) is 10.6. The molecule has 0 aromatic heterocycles. The van der Waals surface area contributed by atoms with Crippen molar-refractivity contribution in [1.82, 2.24) is 0 Å². The second-order valence-electron chi connectivity index (χ2n) is 11.0. The summed E-state index contributed by atoms with van der Waals surface area (Å²) in [5.74, 6) is 1.95. The smallest absolute Gasteiger partial charge is 0.170 e. The summed E-state index contributed by atoms with van der Waals surface area (Å²) in [6.45, 7) is 10.5. The highest BCUT2D eigenvalue weighted by Crippen LogP contribution is 2.43. The Bertz CT molecular complexity index is 1200. The Morgan fingerprint density at radius 2 is 1.67 bits per heavy atom. The number of epoxide rings is 1. The fourth-order valence-electron chi connectivity index (χ4n) is 5.36. The average Bonchev–Trinajstić information content (AvgIpc) is 3.60. The Kier molecular flexibility index (Phi) is 9.21. The molecule has 3 atom stereocenters. The molecule has 0 saturated carbocycles. The van der Waals surface area contributed by atoms with Crippen molar-refractivity contribution in [2.24, 2.45) is 0 Å². The monoisotopic (exact) mass is 538 g/mol. The topological polar surface area (TPSA) is 94.6 Å². The van der Waals surface area contributed by atoms with E-state index in [0.29, 0.717) is 66.8 Å². The SMILES string of the molecule is CCCc1c(OCCCOc2ccc3c(c2CCC)OC(C)(CCC2OC2C)CC3=O)ccc(C(C)=O)c1O. The summed E-state index contributed by atoms with van der Waals surface area (Å²) < 4.78 is 24.3. The van der Waals surface area contributed by atoms with Gasteiger partial charge in [-0.25, -0.2) is 0 Å². The number of fused-ring (bicyclic) bond motifs is 1. The van der Waals surface area contributed by atoms with Crippen molar-refractivity contribution >= 4 is 11.6 Å². The van der Waals surface area contributed by atoms with E-state index in [1.165, 1.54) is 6.92 Å². The van der Waals surface area contributed by atoms with Gasteiger partial charge >= 0.3 is 0 Å². The predicted octanol–water partition coefficient (Wildman–Crippen LogP) is 6.64. The number of carbonyl (C=O) groups excluding carboxylic acids is 2. The molecule has 2 heterocycles. The number of ether oxygens (including phenoxy) is 4. The van der Waals surface area contributed by atoms with E-state index in [-0.39, 0.29) is 23.4 Å². The lowest BCUT2D eigenvalue weighted by Crippen LogP contribution is -2.40. The number of hydrogen-bond acceptors (Lipinski definition) is 7. The van der Waals surface area contributed by atoms with Gasteiger partial charge in [0.25, 0.3) is 0 Å². The van der Waals surface area contributed by atoms with Crippen molar-refractivity contribution in [3.05, 3.63) is 46.5 Å². The Morgan fingerprint density at radius 1 is 1.05 bits per heavy atom. The third kappa shape index (κ3) is 6.75. The molecule has 7 heteroatoms. The Balaban J connectivity index is 1.40. The maximum atomic E-state index is 13.1. The molecule has 1 N–H and O–H groups in total. The van der Waals surface area contributed by atoms with Gasteiger partial charge in [0.15, 0.2) is 11.6 Å². The van der Waals surface area contributed by atoms with E-state index in [2.05, 4.69) is 13.8 Å². The van der Waals surface area contributed by atoms with E-state index in [4.69, 9.17) is 18.9 Å². The van der Waals surface area contributed by atoms with Crippen LogP contribution >= 0.6 is 0 Å². The van der Waals surface area contributed by atoms with Crippen LogP contribution in [0.1, 0.15) is 105 Å². The molecule has 2 aromatic rings. The standard InChI is InChI=1S/C32H42O7/c1-6-9-24-28(13-11-22(20(3)33)30(24)35)36-17-8-18-37-29-14-12-23-26(34)19-32(5,16-15-27-21(4)38-27)39-31(23)25(29)10-7-2/h11-14,21,27,35H,6-10,15-19H2,1-5H3. The molecule has 1 fully saturated rings. The van der Waals surface area contributed by atoms with Gasteiger partial charge in [-0.05, 0) is 70.7 Å². The first-order valence-corrected chi connectivity index (χ1v) is 14.3. The van der Waals surface area contributed by atoms with Crippen LogP contribution in [0.2, 0.25) is 0 Å². The third-order valence-corrected chi connectivity index (χ3v) is 7.62. The van der Waals surface area contributed by atoms with E-state index in [0.717, 1.165) is 43.4 Å². The minimum Gasteiger partial charge on any atom is -0.507 e. The zero-order chi connectivity index (χ0) is 28.2. The number of Topliss-reactive ketones (excluding diaryl/α,β-unsaturated/α-hetero) is 2. The van der Waals surface area contributed by atoms with Crippen molar-refractivity contribution in [2.45, 2.75) is 104 Å². The summed E-state index contributed by atoms with van der Waals surface area (Å²) >= 11 is 0. The molecule has 3 unspecified atom stereocenters. The number of carbonyl (C=O) groups is 2. The molecule has 2 aliphatic heterocycles. The van der Waals surface area contributed by atoms with Gasteiger partial charge in [0.05, 0.1) is 43.0 Å². The molecule has 0 amide bonds. The van der Waals surface area contributed by atoms with Crippen LogP contribution < -0.4 is 14.2 Å². The largest absolute Gasteiger partial charge is 0.507 e. The van der Waals surface area contributed by atoms with Crippen LogP contribution in [-0.4, -0.2) is 47.7 Å². The number of rotatable bonds is 14. The number of aromatic hydroxyl groups is 1. The highest BCUT2D eigenvalue weighted by Gasteiger charge is 2.41. The zero-order valence-corrected chi connectivity index (χ0v) is 23.9. The lowest BCUT2D eigenvalue weighted by Gasteiger charge is -2.36. The number of phenolic OH excluding ortho intramolecular Hbond substituents is 1. The fourth-order valence-corrected chi connectivity index (χ4v) is 5.36. The van der Waals surface area contributed by atoms with Gasteiger partial charge in [0.2, 0.25) is 0 Å². The average molecular weight is 539 g/mol. The quantitative estimate of drug-likeness (QED) is 0.164.